The first kappa shape index (κ1) is 21.7. The van der Waals surface area contributed by atoms with Crippen LogP contribution in [0, 0.1) is 24.0 Å². The molecule has 1 aromatic heterocycles. The summed E-state index contributed by atoms with van der Waals surface area (Å²) >= 11 is 0. The maximum absolute atomic E-state index is 13.0. The Morgan fingerprint density at radius 1 is 1.10 bits per heavy atom. The van der Waals surface area contributed by atoms with E-state index in [4.69, 9.17) is 0 Å². The van der Waals surface area contributed by atoms with Crippen molar-refractivity contribution in [3.8, 4) is 5.69 Å². The van der Waals surface area contributed by atoms with Gasteiger partial charge in [-0.15, -0.1) is 0 Å². The van der Waals surface area contributed by atoms with Crippen molar-refractivity contribution in [1.82, 2.24) is 9.78 Å². The SMILES string of the molecule is Cc1nn(-c2cccc(C(F)(F)F)c2)c(C)c1C(=O)C(=O)Nc1cccc([N+](=O)[O-])c1. The number of ketones is 1. The standard InChI is InChI=1S/C20H15F3N4O4/c1-11-17(18(28)19(29)24-14-6-4-8-16(10-14)27(30)31)12(2)26(25-11)15-7-3-5-13(9-15)20(21,22)23/h3-10H,1-2H3,(H,24,29). The van der Waals surface area contributed by atoms with Crippen LogP contribution < -0.4 is 5.32 Å². The molecule has 1 amide bonds. The molecule has 0 aliphatic rings. The van der Waals surface area contributed by atoms with E-state index in [9.17, 15) is 32.9 Å². The van der Waals surface area contributed by atoms with Gasteiger partial charge >= 0.3 is 6.18 Å². The lowest BCUT2D eigenvalue weighted by Crippen LogP contribution is -2.24. The molecule has 0 atom stereocenters. The third kappa shape index (κ3) is 4.44. The Balaban J connectivity index is 1.91. The van der Waals surface area contributed by atoms with Gasteiger partial charge in [0, 0.05) is 17.8 Å². The summed E-state index contributed by atoms with van der Waals surface area (Å²) in [5.41, 5.74) is -0.768. The van der Waals surface area contributed by atoms with Crippen molar-refractivity contribution >= 4 is 23.1 Å². The number of nitrogens with one attached hydrogen (secondary N) is 1. The largest absolute Gasteiger partial charge is 0.416 e. The van der Waals surface area contributed by atoms with Crippen molar-refractivity contribution < 1.29 is 27.7 Å². The number of carbonyl (C=O) groups excluding carboxylic acids is 2. The zero-order valence-electron chi connectivity index (χ0n) is 16.2. The third-order valence-corrected chi connectivity index (χ3v) is 4.46. The number of Topliss-reactive ketones (excluding diaryl/α,β-unsaturated/α-hetero) is 1. The highest BCUT2D eigenvalue weighted by Gasteiger charge is 2.31. The maximum atomic E-state index is 13.0. The summed E-state index contributed by atoms with van der Waals surface area (Å²) in [5, 5.41) is 17.3. The molecule has 31 heavy (non-hydrogen) atoms. The number of hydrogen-bond acceptors (Lipinski definition) is 5. The number of amides is 1. The highest BCUT2D eigenvalue weighted by atomic mass is 19.4. The van der Waals surface area contributed by atoms with Gasteiger partial charge in [-0.25, -0.2) is 4.68 Å². The van der Waals surface area contributed by atoms with Gasteiger partial charge in [-0.3, -0.25) is 19.7 Å². The van der Waals surface area contributed by atoms with Crippen LogP contribution in [0.4, 0.5) is 24.5 Å². The van der Waals surface area contributed by atoms with E-state index in [0.29, 0.717) is 0 Å². The Bertz CT molecular complexity index is 1200. The van der Waals surface area contributed by atoms with Gasteiger partial charge in [0.15, 0.2) is 0 Å². The number of alkyl halides is 3. The van der Waals surface area contributed by atoms with Crippen LogP contribution in [0.1, 0.15) is 27.3 Å². The number of hydrogen-bond donors (Lipinski definition) is 1. The van der Waals surface area contributed by atoms with Crippen LogP contribution >= 0.6 is 0 Å². The fourth-order valence-corrected chi connectivity index (χ4v) is 3.04. The highest BCUT2D eigenvalue weighted by Crippen LogP contribution is 2.31. The molecule has 1 N–H and O–H groups in total. The van der Waals surface area contributed by atoms with Crippen LogP contribution in [-0.4, -0.2) is 26.4 Å². The number of non-ortho nitro benzene ring substituents is 1. The molecule has 1 heterocycles. The van der Waals surface area contributed by atoms with E-state index in [0.717, 1.165) is 22.9 Å². The van der Waals surface area contributed by atoms with Gasteiger partial charge in [0.1, 0.15) is 0 Å². The molecular formula is C20H15F3N4O4. The summed E-state index contributed by atoms with van der Waals surface area (Å²) in [5.74, 6) is -2.03. The second kappa shape index (κ2) is 8.01. The summed E-state index contributed by atoms with van der Waals surface area (Å²) in [7, 11) is 0. The molecule has 3 rings (SSSR count). The normalized spacial score (nSPS) is 11.3. The van der Waals surface area contributed by atoms with E-state index in [2.05, 4.69) is 10.4 Å². The molecule has 0 radical (unpaired) electrons. The number of halogens is 3. The zero-order chi connectivity index (χ0) is 22.9. The van der Waals surface area contributed by atoms with Gasteiger partial charge in [-0.2, -0.15) is 18.3 Å². The molecule has 0 fully saturated rings. The van der Waals surface area contributed by atoms with Crippen LogP contribution in [-0.2, 0) is 11.0 Å². The Labute approximate surface area is 173 Å². The summed E-state index contributed by atoms with van der Waals surface area (Å²) in [6.45, 7) is 2.90. The summed E-state index contributed by atoms with van der Waals surface area (Å²) in [4.78, 5) is 35.3. The molecule has 0 aliphatic carbocycles. The van der Waals surface area contributed by atoms with Crippen molar-refractivity contribution in [3.05, 3.63) is 81.2 Å². The Morgan fingerprint density at radius 2 is 1.77 bits per heavy atom. The molecule has 0 aliphatic heterocycles. The molecule has 0 spiro atoms. The van der Waals surface area contributed by atoms with E-state index in [1.54, 1.807) is 0 Å². The fraction of sp³-hybridized carbons (Fsp3) is 0.150. The highest BCUT2D eigenvalue weighted by molar-refractivity contribution is 6.47. The van der Waals surface area contributed by atoms with E-state index in [-0.39, 0.29) is 34.0 Å². The van der Waals surface area contributed by atoms with Crippen LogP contribution in [0.2, 0.25) is 0 Å². The number of rotatable bonds is 5. The second-order valence-corrected chi connectivity index (χ2v) is 6.60. The first-order chi connectivity index (χ1) is 14.5. The second-order valence-electron chi connectivity index (χ2n) is 6.60. The number of nitrogens with zero attached hydrogens (tertiary/aromatic N) is 3. The fourth-order valence-electron chi connectivity index (χ4n) is 3.04. The molecule has 8 nitrogen and oxygen atoms in total. The average Bonchev–Trinajstić information content (AvgIpc) is 3.01. The Hall–Kier alpha value is -4.02. The molecule has 11 heteroatoms. The minimum atomic E-state index is -4.55. The molecule has 2 aromatic carbocycles. The van der Waals surface area contributed by atoms with E-state index >= 15 is 0 Å². The van der Waals surface area contributed by atoms with Crippen molar-refractivity contribution in [3.63, 3.8) is 0 Å². The quantitative estimate of drug-likeness (QED) is 0.281. The smallest absolute Gasteiger partial charge is 0.319 e. The number of aromatic nitrogens is 2. The molecule has 3 aromatic rings. The van der Waals surface area contributed by atoms with Crippen molar-refractivity contribution in [2.24, 2.45) is 0 Å². The number of aryl methyl sites for hydroxylation is 1. The summed E-state index contributed by atoms with van der Waals surface area (Å²) in [6, 6.07) is 9.45. The number of nitro benzene ring substituents is 1. The summed E-state index contributed by atoms with van der Waals surface area (Å²) < 4.78 is 40.2. The van der Waals surface area contributed by atoms with Gasteiger partial charge in [-0.1, -0.05) is 12.1 Å². The predicted molar refractivity (Wildman–Crippen MR) is 104 cm³/mol. The van der Waals surface area contributed by atoms with Crippen LogP contribution in [0.5, 0.6) is 0 Å². The third-order valence-electron chi connectivity index (χ3n) is 4.46. The minimum Gasteiger partial charge on any atom is -0.319 e. The van der Waals surface area contributed by atoms with Crippen molar-refractivity contribution in [2.45, 2.75) is 20.0 Å². The lowest BCUT2D eigenvalue weighted by Gasteiger charge is -2.10. The lowest BCUT2D eigenvalue weighted by molar-refractivity contribution is -0.384. The van der Waals surface area contributed by atoms with E-state index < -0.39 is 28.4 Å². The maximum Gasteiger partial charge on any atom is 0.416 e. The zero-order valence-corrected chi connectivity index (χ0v) is 16.2. The topological polar surface area (TPSA) is 107 Å². The van der Waals surface area contributed by atoms with E-state index in [1.165, 1.54) is 44.2 Å². The molecule has 160 valence electrons. The molecule has 0 unspecified atom stereocenters. The average molecular weight is 432 g/mol. The van der Waals surface area contributed by atoms with E-state index in [1.807, 2.05) is 0 Å². The monoisotopic (exact) mass is 432 g/mol. The summed E-state index contributed by atoms with van der Waals surface area (Å²) in [6.07, 6.45) is -4.55. The Kier molecular flexibility index (Phi) is 5.60. The van der Waals surface area contributed by atoms with Gasteiger partial charge in [0.25, 0.3) is 17.4 Å². The van der Waals surface area contributed by atoms with Crippen LogP contribution in [0.25, 0.3) is 5.69 Å². The lowest BCUT2D eigenvalue weighted by atomic mass is 10.1. The van der Waals surface area contributed by atoms with Gasteiger partial charge < -0.3 is 5.32 Å². The van der Waals surface area contributed by atoms with Crippen LogP contribution in [0.15, 0.2) is 48.5 Å². The predicted octanol–water partition coefficient (Wildman–Crippen LogP) is 4.24. The Morgan fingerprint density at radius 3 is 2.42 bits per heavy atom. The van der Waals surface area contributed by atoms with Gasteiger partial charge in [-0.05, 0) is 38.1 Å². The first-order valence-corrected chi connectivity index (χ1v) is 8.83. The van der Waals surface area contributed by atoms with Crippen molar-refractivity contribution in [2.75, 3.05) is 5.32 Å². The number of nitro groups is 1. The van der Waals surface area contributed by atoms with Gasteiger partial charge in [0.05, 0.1) is 33.1 Å². The number of anilines is 1. The van der Waals surface area contributed by atoms with Crippen molar-refractivity contribution in [1.29, 1.82) is 0 Å². The molecule has 0 saturated heterocycles. The van der Waals surface area contributed by atoms with Gasteiger partial charge in [0.2, 0.25) is 0 Å². The number of benzene rings is 2. The first-order valence-electron chi connectivity index (χ1n) is 8.83. The molecule has 0 saturated carbocycles. The molecule has 0 bridgehead atoms. The molecular weight excluding hydrogens is 417 g/mol. The number of carbonyl (C=O) groups is 2. The van der Waals surface area contributed by atoms with Crippen LogP contribution in [0.3, 0.4) is 0 Å². The minimum absolute atomic E-state index is 0.0492.